The Morgan fingerprint density at radius 3 is 2.52 bits per heavy atom. The summed E-state index contributed by atoms with van der Waals surface area (Å²) < 4.78 is 1.99. The zero-order valence-electron chi connectivity index (χ0n) is 13.0. The molecule has 1 unspecified atom stereocenters. The van der Waals surface area contributed by atoms with E-state index < -0.39 is 0 Å². The second-order valence-corrected chi connectivity index (χ2v) is 5.85. The van der Waals surface area contributed by atoms with E-state index in [9.17, 15) is 0 Å². The first kappa shape index (κ1) is 14.3. The first-order valence-corrected chi connectivity index (χ1v) is 8.01. The molecule has 2 aromatic rings. The van der Waals surface area contributed by atoms with Crippen LogP contribution in [-0.4, -0.2) is 32.8 Å². The number of hydrogen-bond donors (Lipinski definition) is 0. The molecule has 1 aliphatic rings. The van der Waals surface area contributed by atoms with Gasteiger partial charge in [0.2, 0.25) is 0 Å². The summed E-state index contributed by atoms with van der Waals surface area (Å²) in [4.78, 5) is 6.96. The largest absolute Gasteiger partial charge is 0.297 e. The van der Waals surface area contributed by atoms with E-state index in [0.29, 0.717) is 6.04 Å². The highest BCUT2D eigenvalue weighted by Gasteiger charge is 2.19. The van der Waals surface area contributed by atoms with E-state index in [1.807, 2.05) is 4.68 Å². The Kier molecular flexibility index (Phi) is 4.34. The Bertz CT molecular complexity index is 567. The van der Waals surface area contributed by atoms with Crippen molar-refractivity contribution in [2.75, 3.05) is 13.1 Å². The molecule has 1 fully saturated rings. The highest BCUT2D eigenvalue weighted by Crippen LogP contribution is 2.26. The van der Waals surface area contributed by atoms with Crippen molar-refractivity contribution in [2.24, 2.45) is 0 Å². The Hall–Kier alpha value is -1.68. The van der Waals surface area contributed by atoms with Crippen LogP contribution in [0.2, 0.25) is 0 Å². The Labute approximate surface area is 126 Å². The predicted molar refractivity (Wildman–Crippen MR) is 85.0 cm³/mol. The molecule has 0 N–H and O–H groups in total. The normalized spacial score (nSPS) is 17.2. The third-order valence-corrected chi connectivity index (χ3v) is 4.39. The molecule has 0 amide bonds. The van der Waals surface area contributed by atoms with Gasteiger partial charge >= 0.3 is 0 Å². The Morgan fingerprint density at radius 2 is 1.86 bits per heavy atom. The van der Waals surface area contributed by atoms with Gasteiger partial charge in [-0.2, -0.15) is 5.10 Å². The lowest BCUT2D eigenvalue weighted by molar-refractivity contribution is 0.263. The average molecular weight is 284 g/mol. The highest BCUT2D eigenvalue weighted by atomic mass is 15.3. The summed E-state index contributed by atoms with van der Waals surface area (Å²) in [7, 11) is 0. The van der Waals surface area contributed by atoms with E-state index in [0.717, 1.165) is 24.4 Å². The maximum atomic E-state index is 4.40. The van der Waals surface area contributed by atoms with Gasteiger partial charge in [0.05, 0.1) is 0 Å². The molecule has 1 aliphatic heterocycles. The maximum absolute atomic E-state index is 4.40. The topological polar surface area (TPSA) is 34.0 Å². The van der Waals surface area contributed by atoms with Gasteiger partial charge in [-0.15, -0.1) is 0 Å². The zero-order valence-corrected chi connectivity index (χ0v) is 13.0. The Morgan fingerprint density at radius 1 is 1.14 bits per heavy atom. The van der Waals surface area contributed by atoms with Crippen LogP contribution in [0.3, 0.4) is 0 Å². The van der Waals surface area contributed by atoms with E-state index in [4.69, 9.17) is 0 Å². The van der Waals surface area contributed by atoms with Gasteiger partial charge in [-0.25, -0.2) is 9.67 Å². The summed E-state index contributed by atoms with van der Waals surface area (Å²) in [6.45, 7) is 7.84. The first-order chi connectivity index (χ1) is 10.3. The Balaban J connectivity index is 1.78. The molecule has 1 aromatic carbocycles. The molecule has 0 saturated carbocycles. The molecular weight excluding hydrogens is 260 g/mol. The van der Waals surface area contributed by atoms with Crippen LogP contribution in [-0.2, 0) is 6.54 Å². The summed E-state index contributed by atoms with van der Waals surface area (Å²) in [5.74, 6) is 0.970. The van der Waals surface area contributed by atoms with E-state index in [-0.39, 0.29) is 0 Å². The summed E-state index contributed by atoms with van der Waals surface area (Å²) in [6.07, 6.45) is 5.39. The molecule has 0 aliphatic carbocycles. The van der Waals surface area contributed by atoms with E-state index >= 15 is 0 Å². The molecule has 0 bridgehead atoms. The molecule has 2 heterocycles. The molecular formula is C17H24N4. The predicted octanol–water partition coefficient (Wildman–Crippen LogP) is 3.51. The van der Waals surface area contributed by atoms with Gasteiger partial charge < -0.3 is 0 Å². The second kappa shape index (κ2) is 6.39. The van der Waals surface area contributed by atoms with Crippen molar-refractivity contribution in [3.05, 3.63) is 36.2 Å². The number of aryl methyl sites for hydroxylation is 1. The van der Waals surface area contributed by atoms with E-state index in [2.05, 4.69) is 53.1 Å². The van der Waals surface area contributed by atoms with Crippen LogP contribution in [0.1, 0.15) is 44.7 Å². The lowest BCUT2D eigenvalue weighted by Gasteiger charge is -2.24. The van der Waals surface area contributed by atoms with Crippen molar-refractivity contribution in [2.45, 2.75) is 45.7 Å². The number of aromatic nitrogens is 3. The van der Waals surface area contributed by atoms with Crippen LogP contribution in [0.15, 0.2) is 30.6 Å². The maximum Gasteiger partial charge on any atom is 0.158 e. The standard InChI is InChI=1S/C17H24N4/c1-3-10-21-17(18-13-19-21)16-8-6-15(7-9-16)14(2)20-11-4-5-12-20/h6-9,13-14H,3-5,10-12H2,1-2H3. The van der Waals surface area contributed by atoms with Crippen molar-refractivity contribution >= 4 is 0 Å². The smallest absolute Gasteiger partial charge is 0.158 e. The first-order valence-electron chi connectivity index (χ1n) is 8.01. The number of hydrogen-bond acceptors (Lipinski definition) is 3. The summed E-state index contributed by atoms with van der Waals surface area (Å²) in [5, 5.41) is 4.30. The van der Waals surface area contributed by atoms with Crippen molar-refractivity contribution < 1.29 is 0 Å². The van der Waals surface area contributed by atoms with Crippen molar-refractivity contribution in [3.8, 4) is 11.4 Å². The average Bonchev–Trinajstić information content (AvgIpc) is 3.19. The van der Waals surface area contributed by atoms with Gasteiger partial charge in [-0.05, 0) is 44.8 Å². The minimum atomic E-state index is 0.509. The van der Waals surface area contributed by atoms with Crippen LogP contribution in [0.25, 0.3) is 11.4 Å². The van der Waals surface area contributed by atoms with Gasteiger partial charge in [0, 0.05) is 18.2 Å². The number of nitrogens with zero attached hydrogens (tertiary/aromatic N) is 4. The lowest BCUT2D eigenvalue weighted by Crippen LogP contribution is -2.23. The van der Waals surface area contributed by atoms with E-state index in [1.54, 1.807) is 6.33 Å². The van der Waals surface area contributed by atoms with Gasteiger partial charge in [0.1, 0.15) is 6.33 Å². The quantitative estimate of drug-likeness (QED) is 0.842. The molecule has 0 spiro atoms. The number of benzene rings is 1. The molecule has 112 valence electrons. The molecule has 1 saturated heterocycles. The van der Waals surface area contributed by atoms with Crippen LogP contribution in [0.5, 0.6) is 0 Å². The van der Waals surface area contributed by atoms with Crippen molar-refractivity contribution in [3.63, 3.8) is 0 Å². The minimum absolute atomic E-state index is 0.509. The monoisotopic (exact) mass is 284 g/mol. The third kappa shape index (κ3) is 3.00. The molecule has 1 aromatic heterocycles. The van der Waals surface area contributed by atoms with Gasteiger partial charge in [0.15, 0.2) is 5.82 Å². The fourth-order valence-corrected chi connectivity index (χ4v) is 3.11. The molecule has 4 nitrogen and oxygen atoms in total. The minimum Gasteiger partial charge on any atom is -0.297 e. The van der Waals surface area contributed by atoms with Gasteiger partial charge in [-0.3, -0.25) is 4.90 Å². The van der Waals surface area contributed by atoms with Crippen molar-refractivity contribution in [1.29, 1.82) is 0 Å². The molecule has 1 atom stereocenters. The summed E-state index contributed by atoms with van der Waals surface area (Å²) in [6, 6.07) is 9.35. The van der Waals surface area contributed by atoms with E-state index in [1.165, 1.54) is 31.5 Å². The van der Waals surface area contributed by atoms with Crippen LogP contribution < -0.4 is 0 Å². The lowest BCUT2D eigenvalue weighted by atomic mass is 10.0. The van der Waals surface area contributed by atoms with Gasteiger partial charge in [-0.1, -0.05) is 31.2 Å². The molecule has 21 heavy (non-hydrogen) atoms. The number of likely N-dealkylation sites (tertiary alicyclic amines) is 1. The summed E-state index contributed by atoms with van der Waals surface area (Å²) in [5.41, 5.74) is 2.54. The fraction of sp³-hybridized carbons (Fsp3) is 0.529. The highest BCUT2D eigenvalue weighted by molar-refractivity contribution is 5.55. The SMILES string of the molecule is CCCn1ncnc1-c1ccc(C(C)N2CCCC2)cc1. The molecule has 4 heteroatoms. The van der Waals surface area contributed by atoms with Crippen LogP contribution >= 0.6 is 0 Å². The zero-order chi connectivity index (χ0) is 14.7. The second-order valence-electron chi connectivity index (χ2n) is 5.85. The number of rotatable bonds is 5. The summed E-state index contributed by atoms with van der Waals surface area (Å²) >= 11 is 0. The fourth-order valence-electron chi connectivity index (χ4n) is 3.11. The van der Waals surface area contributed by atoms with Crippen molar-refractivity contribution in [1.82, 2.24) is 19.7 Å². The van der Waals surface area contributed by atoms with Crippen LogP contribution in [0, 0.1) is 0 Å². The van der Waals surface area contributed by atoms with Crippen LogP contribution in [0.4, 0.5) is 0 Å². The third-order valence-electron chi connectivity index (χ3n) is 4.39. The van der Waals surface area contributed by atoms with Gasteiger partial charge in [0.25, 0.3) is 0 Å². The molecule has 0 radical (unpaired) electrons. The molecule has 3 rings (SSSR count).